The Morgan fingerprint density at radius 2 is 1.85 bits per heavy atom. The van der Waals surface area contributed by atoms with Gasteiger partial charge >= 0.3 is 0 Å². The molecule has 1 atom stereocenters. The highest BCUT2D eigenvalue weighted by atomic mass is 32.1. The van der Waals surface area contributed by atoms with Crippen molar-refractivity contribution in [2.45, 2.75) is 63.6 Å². The third-order valence-electron chi connectivity index (χ3n) is 7.19. The van der Waals surface area contributed by atoms with Crippen molar-refractivity contribution in [2.75, 3.05) is 7.05 Å². The predicted octanol–water partition coefficient (Wildman–Crippen LogP) is 4.20. The van der Waals surface area contributed by atoms with Crippen molar-refractivity contribution in [3.63, 3.8) is 0 Å². The molecule has 4 bridgehead atoms. The Morgan fingerprint density at radius 1 is 1.22 bits per heavy atom. The van der Waals surface area contributed by atoms with Gasteiger partial charge in [-0.05, 0) is 82.4 Å². The summed E-state index contributed by atoms with van der Waals surface area (Å²) in [6.45, 7) is 2.75. The summed E-state index contributed by atoms with van der Waals surface area (Å²) in [4.78, 5) is 19.9. The monoisotopic (exact) mass is 383 g/mol. The molecule has 0 unspecified atom stereocenters. The largest absolute Gasteiger partial charge is 0.349 e. The van der Waals surface area contributed by atoms with Crippen molar-refractivity contribution < 1.29 is 4.79 Å². The molecule has 4 aliphatic rings. The number of thiazole rings is 1. The third kappa shape index (κ3) is 3.29. The Labute approximate surface area is 165 Å². The van der Waals surface area contributed by atoms with Crippen LogP contribution in [0.4, 0.5) is 0 Å². The molecule has 0 radical (unpaired) electrons. The van der Waals surface area contributed by atoms with Crippen LogP contribution in [0.25, 0.3) is 10.2 Å². The molecule has 1 amide bonds. The number of para-hydroxylation sites is 1. The number of rotatable bonds is 5. The van der Waals surface area contributed by atoms with Gasteiger partial charge in [0.1, 0.15) is 5.01 Å². The molecule has 1 heterocycles. The molecule has 0 spiro atoms. The molecular weight excluding hydrogens is 354 g/mol. The van der Waals surface area contributed by atoms with Gasteiger partial charge in [0.05, 0.1) is 22.8 Å². The highest BCUT2D eigenvalue weighted by molar-refractivity contribution is 7.18. The number of carbonyl (C=O) groups excluding carboxylic acids is 1. The van der Waals surface area contributed by atoms with Gasteiger partial charge in [-0.15, -0.1) is 11.3 Å². The number of amides is 1. The predicted molar refractivity (Wildman–Crippen MR) is 110 cm³/mol. The van der Waals surface area contributed by atoms with E-state index in [1.54, 1.807) is 11.3 Å². The van der Waals surface area contributed by atoms with Crippen LogP contribution in [0.15, 0.2) is 24.3 Å². The molecular formula is C22H29N3OS. The first-order valence-electron chi connectivity index (χ1n) is 10.4. The van der Waals surface area contributed by atoms with Gasteiger partial charge in [-0.3, -0.25) is 9.69 Å². The van der Waals surface area contributed by atoms with Gasteiger partial charge in [-0.25, -0.2) is 4.98 Å². The lowest BCUT2D eigenvalue weighted by Crippen LogP contribution is -2.62. The maximum atomic E-state index is 13.1. The maximum absolute atomic E-state index is 13.1. The summed E-state index contributed by atoms with van der Waals surface area (Å²) >= 11 is 1.73. The van der Waals surface area contributed by atoms with Crippen molar-refractivity contribution in [3.8, 4) is 0 Å². The van der Waals surface area contributed by atoms with Gasteiger partial charge in [-0.1, -0.05) is 12.1 Å². The van der Waals surface area contributed by atoms with Gasteiger partial charge in [0.15, 0.2) is 0 Å². The molecule has 0 saturated heterocycles. The molecule has 0 aliphatic heterocycles. The third-order valence-corrected chi connectivity index (χ3v) is 8.21. The van der Waals surface area contributed by atoms with E-state index in [2.05, 4.69) is 28.4 Å². The average molecular weight is 384 g/mol. The van der Waals surface area contributed by atoms with E-state index >= 15 is 0 Å². The van der Waals surface area contributed by atoms with E-state index in [9.17, 15) is 4.79 Å². The molecule has 1 aromatic carbocycles. The first kappa shape index (κ1) is 17.6. The smallest absolute Gasteiger partial charge is 0.237 e. The zero-order valence-electron chi connectivity index (χ0n) is 16.3. The van der Waals surface area contributed by atoms with Crippen molar-refractivity contribution in [3.05, 3.63) is 29.3 Å². The van der Waals surface area contributed by atoms with Crippen molar-refractivity contribution in [1.29, 1.82) is 0 Å². The summed E-state index contributed by atoms with van der Waals surface area (Å²) in [7, 11) is 2.04. The summed E-state index contributed by atoms with van der Waals surface area (Å²) in [6.07, 6.45) is 7.84. The van der Waals surface area contributed by atoms with Crippen LogP contribution in [0, 0.1) is 17.8 Å². The first-order valence-corrected chi connectivity index (χ1v) is 11.2. The minimum absolute atomic E-state index is 0.0940. The molecule has 144 valence electrons. The zero-order valence-corrected chi connectivity index (χ0v) is 17.1. The summed E-state index contributed by atoms with van der Waals surface area (Å²) in [5.41, 5.74) is 1.15. The van der Waals surface area contributed by atoms with Gasteiger partial charge in [-0.2, -0.15) is 0 Å². The average Bonchev–Trinajstić information content (AvgIpc) is 3.01. The number of hydrogen-bond acceptors (Lipinski definition) is 4. The molecule has 1 aromatic heterocycles. The van der Waals surface area contributed by atoms with Crippen molar-refractivity contribution in [2.24, 2.45) is 17.8 Å². The number of carbonyl (C=O) groups is 1. The Bertz CT molecular complexity index is 792. The van der Waals surface area contributed by atoms with E-state index in [4.69, 9.17) is 4.98 Å². The molecule has 27 heavy (non-hydrogen) atoms. The van der Waals surface area contributed by atoms with Crippen LogP contribution in [0.2, 0.25) is 0 Å². The fraction of sp³-hybridized carbons (Fsp3) is 0.636. The molecule has 4 nitrogen and oxygen atoms in total. The Morgan fingerprint density at radius 3 is 2.48 bits per heavy atom. The van der Waals surface area contributed by atoms with E-state index in [0.29, 0.717) is 0 Å². The lowest BCUT2D eigenvalue weighted by atomic mass is 9.53. The van der Waals surface area contributed by atoms with Crippen LogP contribution in [0.3, 0.4) is 0 Å². The Kier molecular flexibility index (Phi) is 4.28. The van der Waals surface area contributed by atoms with Crippen LogP contribution < -0.4 is 5.32 Å². The van der Waals surface area contributed by atoms with E-state index < -0.39 is 0 Å². The van der Waals surface area contributed by atoms with E-state index in [1.807, 2.05) is 20.0 Å². The molecule has 4 fully saturated rings. The number of nitrogens with zero attached hydrogens (tertiary/aromatic N) is 2. The molecule has 6 rings (SSSR count). The van der Waals surface area contributed by atoms with Crippen LogP contribution in [0.5, 0.6) is 0 Å². The normalized spacial score (nSPS) is 32.9. The quantitative estimate of drug-likeness (QED) is 0.841. The number of fused-ring (bicyclic) bond motifs is 1. The number of likely N-dealkylation sites (N-methyl/N-ethyl adjacent to an activating group) is 1. The topological polar surface area (TPSA) is 45.2 Å². The van der Waals surface area contributed by atoms with Gasteiger partial charge in [0, 0.05) is 5.54 Å². The zero-order chi connectivity index (χ0) is 18.6. The van der Waals surface area contributed by atoms with Crippen LogP contribution in [0.1, 0.15) is 50.5 Å². The summed E-state index contributed by atoms with van der Waals surface area (Å²) in [5, 5.41) is 4.60. The number of hydrogen-bond donors (Lipinski definition) is 1. The molecule has 2 aromatic rings. The lowest BCUT2D eigenvalue weighted by molar-refractivity contribution is -0.131. The van der Waals surface area contributed by atoms with E-state index in [1.165, 1.54) is 43.2 Å². The number of benzene rings is 1. The second-order valence-corrected chi connectivity index (χ2v) is 10.5. The highest BCUT2D eigenvalue weighted by Gasteiger charge is 2.51. The Balaban J connectivity index is 1.24. The summed E-state index contributed by atoms with van der Waals surface area (Å²) in [6, 6.07) is 8.11. The van der Waals surface area contributed by atoms with Gasteiger partial charge < -0.3 is 5.32 Å². The Hall–Kier alpha value is -1.46. The van der Waals surface area contributed by atoms with Gasteiger partial charge in [0.2, 0.25) is 5.91 Å². The van der Waals surface area contributed by atoms with Crippen molar-refractivity contribution in [1.82, 2.24) is 15.2 Å². The minimum atomic E-state index is -0.134. The maximum Gasteiger partial charge on any atom is 0.237 e. The van der Waals surface area contributed by atoms with Gasteiger partial charge in [0.25, 0.3) is 0 Å². The number of nitrogens with one attached hydrogen (secondary N) is 1. The molecule has 5 heteroatoms. The fourth-order valence-electron chi connectivity index (χ4n) is 6.17. The van der Waals surface area contributed by atoms with Crippen LogP contribution in [-0.2, 0) is 11.3 Å². The summed E-state index contributed by atoms with van der Waals surface area (Å²) in [5.74, 6) is 2.76. The lowest BCUT2D eigenvalue weighted by Gasteiger charge is -2.57. The minimum Gasteiger partial charge on any atom is -0.349 e. The second-order valence-electron chi connectivity index (χ2n) is 9.35. The van der Waals surface area contributed by atoms with Crippen LogP contribution >= 0.6 is 11.3 Å². The molecule has 1 N–H and O–H groups in total. The first-order chi connectivity index (χ1) is 13.0. The van der Waals surface area contributed by atoms with Crippen molar-refractivity contribution >= 4 is 27.5 Å². The molecule has 4 aliphatic carbocycles. The van der Waals surface area contributed by atoms with Crippen LogP contribution in [-0.4, -0.2) is 34.4 Å². The van der Waals surface area contributed by atoms with E-state index in [-0.39, 0.29) is 17.5 Å². The summed E-state index contributed by atoms with van der Waals surface area (Å²) < 4.78 is 1.21. The number of aromatic nitrogens is 1. The highest BCUT2D eigenvalue weighted by Crippen LogP contribution is 2.55. The molecule has 4 saturated carbocycles. The second kappa shape index (κ2) is 6.56. The SMILES string of the molecule is C[C@@H](C(=O)NC12CC3CC(CC(C3)C1)C2)N(C)Cc1nc2ccccc2s1. The fourth-order valence-corrected chi connectivity index (χ4v) is 7.20. The van der Waals surface area contributed by atoms with E-state index in [0.717, 1.165) is 34.8 Å². The standard InChI is InChI=1S/C22H29N3OS/c1-14(25(2)13-20-23-18-5-3-4-6-19(18)27-20)21(26)24-22-10-15-7-16(11-22)9-17(8-15)12-22/h3-6,14-17H,7-13H2,1-2H3,(H,24,26)/t14-,15?,16?,17?,22?/m0/s1.